The van der Waals surface area contributed by atoms with Crippen LogP contribution >= 0.6 is 32.5 Å². The van der Waals surface area contributed by atoms with Crippen LogP contribution in [0.4, 0.5) is 5.95 Å². The van der Waals surface area contributed by atoms with Crippen LogP contribution in [0.15, 0.2) is 4.99 Å². The third-order valence-corrected chi connectivity index (χ3v) is 3.28. The molecule has 0 atom stereocenters. The van der Waals surface area contributed by atoms with E-state index in [2.05, 4.69) is 24.8 Å². The first kappa shape index (κ1) is 8.73. The maximum absolute atomic E-state index is 5.73. The molecule has 0 aliphatic carbocycles. The molecule has 0 radical (unpaired) electrons. The minimum Gasteiger partial charge on any atom is -0.194 e. The molecule has 6 nitrogen and oxygen atoms in total. The lowest BCUT2D eigenvalue weighted by molar-refractivity contribution is 0.630. The Kier molecular flexibility index (Phi) is 2.34. The van der Waals surface area contributed by atoms with E-state index in [-0.39, 0.29) is 0 Å². The Balaban J connectivity index is 2.46. The van der Waals surface area contributed by atoms with Gasteiger partial charge in [-0.05, 0) is 15.6 Å². The summed E-state index contributed by atoms with van der Waals surface area (Å²) in [6.45, 7) is 0. The highest BCUT2D eigenvalue weighted by atomic mass is 35.5. The van der Waals surface area contributed by atoms with Gasteiger partial charge in [-0.25, -0.2) is 0 Å². The molecule has 0 N–H and O–H groups in total. The fourth-order valence-electron chi connectivity index (χ4n) is 0.635. The Bertz CT molecular complexity index is 469. The quantitative estimate of drug-likeness (QED) is 0.678. The van der Waals surface area contributed by atoms with Crippen molar-refractivity contribution in [3.63, 3.8) is 0 Å². The summed E-state index contributed by atoms with van der Waals surface area (Å²) >= 11 is 5.73. The van der Waals surface area contributed by atoms with Crippen LogP contribution in [0.2, 0.25) is 5.15 Å². The molecule has 0 unspecified atom stereocenters. The zero-order chi connectivity index (χ0) is 9.26. The predicted octanol–water partition coefficient (Wildman–Crippen LogP) is 0.614. The fraction of sp³-hybridized carbons (Fsp3) is 0.250. The van der Waals surface area contributed by atoms with Gasteiger partial charge in [0.25, 0.3) is 5.95 Å². The molecule has 2 rings (SSSR count). The highest BCUT2D eigenvalue weighted by Gasteiger charge is 2.00. The van der Waals surface area contributed by atoms with Crippen molar-refractivity contribution in [3.8, 4) is 0 Å². The van der Waals surface area contributed by atoms with Crippen LogP contribution in [0, 0.1) is 0 Å². The van der Waals surface area contributed by atoms with Crippen molar-refractivity contribution in [1.29, 1.82) is 0 Å². The molecule has 0 spiro atoms. The minimum absolute atomic E-state index is 0.292. The first-order valence-electron chi connectivity index (χ1n) is 3.16. The lowest BCUT2D eigenvalue weighted by Gasteiger charge is -1.77. The van der Waals surface area contributed by atoms with Gasteiger partial charge in [0, 0.05) is 10.5 Å². The Labute approximate surface area is 85.1 Å². The number of rotatable bonds is 1. The molecular weight excluding hydrogens is 232 g/mol. The summed E-state index contributed by atoms with van der Waals surface area (Å²) in [4.78, 5) is 5.38. The Hall–Kier alpha value is -0.860. The molecule has 0 amide bonds. The van der Waals surface area contributed by atoms with Gasteiger partial charge in [0.05, 0.1) is 7.05 Å². The normalized spacial score (nSPS) is 12.3. The summed E-state index contributed by atoms with van der Waals surface area (Å²) in [6, 6.07) is 0. The topological polar surface area (TPSA) is 68.8 Å². The fourth-order valence-corrected chi connectivity index (χ4v) is 2.60. The number of aryl methyl sites for hydroxylation is 1. The molecule has 0 saturated heterocycles. The summed E-state index contributed by atoms with van der Waals surface area (Å²) in [6.07, 6.45) is 0. The lowest BCUT2D eigenvalue weighted by Crippen LogP contribution is -1.94. The van der Waals surface area contributed by atoms with Gasteiger partial charge in [0.2, 0.25) is 0 Å². The molecule has 2 heterocycles. The third-order valence-electron chi connectivity index (χ3n) is 1.11. The maximum atomic E-state index is 5.73. The van der Waals surface area contributed by atoms with Gasteiger partial charge in [0.15, 0.2) is 9.82 Å². The molecule has 68 valence electrons. The van der Waals surface area contributed by atoms with Gasteiger partial charge in [-0.15, -0.1) is 5.10 Å². The average molecular weight is 235 g/mol. The van der Waals surface area contributed by atoms with Gasteiger partial charge in [0.1, 0.15) is 0 Å². The van der Waals surface area contributed by atoms with Gasteiger partial charge < -0.3 is 0 Å². The molecule has 0 aliphatic rings. The van der Waals surface area contributed by atoms with E-state index in [1.165, 1.54) is 25.7 Å². The molecule has 0 fully saturated rings. The highest BCUT2D eigenvalue weighted by molar-refractivity contribution is 7.66. The van der Waals surface area contributed by atoms with E-state index in [0.717, 1.165) is 0 Å². The number of nitrogens with zero attached hydrogens (tertiary/aromatic N) is 6. The summed E-state index contributed by atoms with van der Waals surface area (Å²) in [7, 11) is 4.31. The molecule has 0 aromatic carbocycles. The van der Waals surface area contributed by atoms with Crippen molar-refractivity contribution in [2.75, 3.05) is 0 Å². The van der Waals surface area contributed by atoms with Crippen LogP contribution < -0.4 is 4.67 Å². The van der Waals surface area contributed by atoms with E-state index in [4.69, 9.17) is 11.6 Å². The molecule has 0 aliphatic heterocycles. The molecule has 0 bridgehead atoms. The van der Waals surface area contributed by atoms with Crippen molar-refractivity contribution in [2.45, 2.75) is 0 Å². The molecule has 9 heteroatoms. The Morgan fingerprint density at radius 3 is 2.92 bits per heavy atom. The van der Waals surface area contributed by atoms with E-state index in [1.807, 2.05) is 0 Å². The maximum Gasteiger partial charge on any atom is 0.290 e. The summed E-state index contributed by atoms with van der Waals surface area (Å²) in [5.74, 6) is 0.292. The number of tetrazole rings is 1. The highest BCUT2D eigenvalue weighted by Crippen LogP contribution is 2.07. The molecule has 2 aromatic rings. The largest absolute Gasteiger partial charge is 0.290 e. The summed E-state index contributed by atoms with van der Waals surface area (Å²) in [5.41, 5.74) is 0. The minimum atomic E-state index is 0.292. The van der Waals surface area contributed by atoms with Crippen molar-refractivity contribution in [2.24, 2.45) is 12.0 Å². The zero-order valence-corrected chi connectivity index (χ0v) is 8.77. The molecular formula is C4H3ClN6S2. The average Bonchev–Trinajstić information content (AvgIpc) is 2.64. The van der Waals surface area contributed by atoms with Crippen LogP contribution in [0.25, 0.3) is 0 Å². The Morgan fingerprint density at radius 2 is 2.38 bits per heavy atom. The molecule has 0 saturated carbocycles. The van der Waals surface area contributed by atoms with Gasteiger partial charge in [-0.2, -0.15) is 14.2 Å². The molecule has 13 heavy (non-hydrogen) atoms. The number of aromatic nitrogens is 5. The van der Waals surface area contributed by atoms with Crippen LogP contribution in [0.5, 0.6) is 0 Å². The van der Waals surface area contributed by atoms with Crippen molar-refractivity contribution in [1.82, 2.24) is 24.6 Å². The van der Waals surface area contributed by atoms with Gasteiger partial charge >= 0.3 is 0 Å². The first-order chi connectivity index (χ1) is 6.25. The monoisotopic (exact) mass is 234 g/mol. The van der Waals surface area contributed by atoms with Crippen molar-refractivity contribution < 1.29 is 0 Å². The zero-order valence-electron chi connectivity index (χ0n) is 6.38. The van der Waals surface area contributed by atoms with Crippen molar-refractivity contribution in [3.05, 3.63) is 9.82 Å². The number of hydrogen-bond donors (Lipinski definition) is 0. The second kappa shape index (κ2) is 3.48. The number of hydrogen-bond acceptors (Lipinski definition) is 7. The van der Waals surface area contributed by atoms with E-state index >= 15 is 0 Å². The SMILES string of the molecule is Cn1nnc(/N=c2\ssnc2Cl)n1. The van der Waals surface area contributed by atoms with Crippen LogP contribution in [0.1, 0.15) is 0 Å². The summed E-state index contributed by atoms with van der Waals surface area (Å²) < 4.78 is 4.48. The predicted molar refractivity (Wildman–Crippen MR) is 49.0 cm³/mol. The van der Waals surface area contributed by atoms with E-state index in [0.29, 0.717) is 15.8 Å². The second-order valence-electron chi connectivity index (χ2n) is 2.04. The standard InChI is InChI=1S/C4H3ClN6S2/c1-11-8-4(7-10-11)6-3-2(5)9-13-12-3/h1H3/b6-3-. The Morgan fingerprint density at radius 1 is 1.54 bits per heavy atom. The smallest absolute Gasteiger partial charge is 0.194 e. The van der Waals surface area contributed by atoms with Crippen LogP contribution in [-0.4, -0.2) is 24.6 Å². The van der Waals surface area contributed by atoms with E-state index in [9.17, 15) is 0 Å². The lowest BCUT2D eigenvalue weighted by atomic mass is 10.9. The van der Waals surface area contributed by atoms with E-state index < -0.39 is 0 Å². The molecule has 2 aromatic heterocycles. The van der Waals surface area contributed by atoms with Crippen molar-refractivity contribution >= 4 is 38.4 Å². The van der Waals surface area contributed by atoms with Crippen LogP contribution in [0.3, 0.4) is 0 Å². The number of halogens is 1. The first-order valence-corrected chi connectivity index (χ1v) is 5.64. The summed E-state index contributed by atoms with van der Waals surface area (Å²) in [5, 5.41) is 11.6. The second-order valence-corrected chi connectivity index (χ2v) is 4.23. The van der Waals surface area contributed by atoms with Gasteiger partial charge in [-0.3, -0.25) is 0 Å². The van der Waals surface area contributed by atoms with Crippen LogP contribution in [-0.2, 0) is 7.05 Å². The van der Waals surface area contributed by atoms with Gasteiger partial charge in [-0.1, -0.05) is 16.7 Å². The third kappa shape index (κ3) is 1.90. The van der Waals surface area contributed by atoms with E-state index in [1.54, 1.807) is 7.05 Å².